The quantitative estimate of drug-likeness (QED) is 0.867. The Morgan fingerprint density at radius 3 is 2.67 bits per heavy atom. The van der Waals surface area contributed by atoms with Crippen molar-refractivity contribution in [3.63, 3.8) is 0 Å². The Bertz CT molecular complexity index is 404. The van der Waals surface area contributed by atoms with Crippen molar-refractivity contribution in [3.8, 4) is 0 Å². The molecule has 1 unspecified atom stereocenters. The van der Waals surface area contributed by atoms with Crippen molar-refractivity contribution in [2.45, 2.75) is 39.7 Å². The number of hydrogen-bond donors (Lipinski definition) is 1. The average molecular weight is 252 g/mol. The first-order valence-corrected chi connectivity index (χ1v) is 6.78. The van der Waals surface area contributed by atoms with Crippen LogP contribution in [0.4, 0.5) is 0 Å². The molecule has 0 spiro atoms. The van der Waals surface area contributed by atoms with E-state index in [-0.39, 0.29) is 12.0 Å². The van der Waals surface area contributed by atoms with Gasteiger partial charge in [0.2, 0.25) is 0 Å². The molecule has 0 aromatic carbocycles. The summed E-state index contributed by atoms with van der Waals surface area (Å²) < 4.78 is 2.09. The largest absolute Gasteiger partial charge is 0.396 e. The summed E-state index contributed by atoms with van der Waals surface area (Å²) >= 11 is 0. The van der Waals surface area contributed by atoms with Gasteiger partial charge in [-0.1, -0.05) is 13.8 Å². The predicted molar refractivity (Wildman–Crippen MR) is 70.1 cm³/mol. The van der Waals surface area contributed by atoms with Gasteiger partial charge in [-0.25, -0.2) is 0 Å². The average Bonchev–Trinajstić information content (AvgIpc) is 2.71. The van der Waals surface area contributed by atoms with Crippen LogP contribution >= 0.6 is 0 Å². The van der Waals surface area contributed by atoms with E-state index < -0.39 is 0 Å². The molecule has 1 saturated heterocycles. The van der Waals surface area contributed by atoms with Crippen LogP contribution in [0, 0.1) is 5.41 Å². The number of aromatic nitrogens is 3. The molecule has 1 fully saturated rings. The molecule has 1 aliphatic heterocycles. The summed E-state index contributed by atoms with van der Waals surface area (Å²) in [6.07, 6.45) is 3.17. The van der Waals surface area contributed by atoms with E-state index in [0.717, 1.165) is 50.5 Å². The first-order valence-electron chi connectivity index (χ1n) is 6.78. The summed E-state index contributed by atoms with van der Waals surface area (Å²) in [5.41, 5.74) is 0.0461. The number of aliphatic hydroxyl groups is 1. The zero-order chi connectivity index (χ0) is 13.2. The van der Waals surface area contributed by atoms with Gasteiger partial charge in [-0.3, -0.25) is 4.90 Å². The van der Waals surface area contributed by atoms with Crippen LogP contribution < -0.4 is 0 Å². The summed E-state index contributed by atoms with van der Waals surface area (Å²) in [6, 6.07) is 0. The molecule has 102 valence electrons. The van der Waals surface area contributed by atoms with Crippen LogP contribution in [0.15, 0.2) is 0 Å². The van der Waals surface area contributed by atoms with Gasteiger partial charge in [-0.15, -0.1) is 10.2 Å². The second-order valence-electron chi connectivity index (χ2n) is 5.73. The second-order valence-corrected chi connectivity index (χ2v) is 5.73. The number of hydrogen-bond acceptors (Lipinski definition) is 4. The predicted octanol–water partition coefficient (Wildman–Crippen LogP) is 0.972. The first-order chi connectivity index (χ1) is 8.58. The zero-order valence-electron chi connectivity index (χ0n) is 11.7. The van der Waals surface area contributed by atoms with Gasteiger partial charge >= 0.3 is 0 Å². The van der Waals surface area contributed by atoms with Crippen LogP contribution in [0.2, 0.25) is 0 Å². The SMILES string of the molecule is CCc1nnc(CN2CCCC(C)(CO)C2)n1C. The van der Waals surface area contributed by atoms with Crippen molar-refractivity contribution >= 4 is 0 Å². The van der Waals surface area contributed by atoms with Gasteiger partial charge in [0.05, 0.1) is 6.54 Å². The Labute approximate surface area is 109 Å². The second kappa shape index (κ2) is 5.36. The standard InChI is InChI=1S/C13H24N4O/c1-4-11-14-15-12(16(11)3)8-17-7-5-6-13(2,9-17)10-18/h18H,4-10H2,1-3H3. The van der Waals surface area contributed by atoms with E-state index >= 15 is 0 Å². The summed E-state index contributed by atoms with van der Waals surface area (Å²) in [7, 11) is 2.03. The van der Waals surface area contributed by atoms with E-state index in [1.807, 2.05) is 7.05 Å². The highest BCUT2D eigenvalue weighted by molar-refractivity contribution is 4.95. The van der Waals surface area contributed by atoms with Crippen molar-refractivity contribution in [1.29, 1.82) is 0 Å². The fourth-order valence-electron chi connectivity index (χ4n) is 2.74. The minimum atomic E-state index is 0.0461. The Morgan fingerprint density at radius 2 is 2.06 bits per heavy atom. The lowest BCUT2D eigenvalue weighted by Crippen LogP contribution is -2.43. The Kier molecular flexibility index (Phi) is 4.02. The van der Waals surface area contributed by atoms with Crippen LogP contribution in [0.5, 0.6) is 0 Å². The molecule has 2 rings (SSSR count). The smallest absolute Gasteiger partial charge is 0.146 e. The number of likely N-dealkylation sites (tertiary alicyclic amines) is 1. The number of aryl methyl sites for hydroxylation is 1. The van der Waals surface area contributed by atoms with Crippen molar-refractivity contribution in [2.24, 2.45) is 12.5 Å². The first kappa shape index (κ1) is 13.5. The molecule has 0 radical (unpaired) electrons. The fourth-order valence-corrected chi connectivity index (χ4v) is 2.74. The van der Waals surface area contributed by atoms with Crippen molar-refractivity contribution < 1.29 is 5.11 Å². The highest BCUT2D eigenvalue weighted by Crippen LogP contribution is 2.29. The van der Waals surface area contributed by atoms with E-state index in [9.17, 15) is 5.11 Å². The highest BCUT2D eigenvalue weighted by Gasteiger charge is 2.30. The molecule has 2 heterocycles. The van der Waals surface area contributed by atoms with E-state index in [4.69, 9.17) is 0 Å². The van der Waals surface area contributed by atoms with E-state index in [0.29, 0.717) is 0 Å². The van der Waals surface area contributed by atoms with Crippen molar-refractivity contribution in [3.05, 3.63) is 11.6 Å². The number of rotatable bonds is 4. The maximum Gasteiger partial charge on any atom is 0.146 e. The maximum absolute atomic E-state index is 9.47. The van der Waals surface area contributed by atoms with E-state index in [2.05, 4.69) is 33.5 Å². The van der Waals surface area contributed by atoms with E-state index in [1.165, 1.54) is 0 Å². The Morgan fingerprint density at radius 1 is 1.33 bits per heavy atom. The minimum Gasteiger partial charge on any atom is -0.396 e. The molecule has 18 heavy (non-hydrogen) atoms. The van der Waals surface area contributed by atoms with Crippen LogP contribution in [0.1, 0.15) is 38.3 Å². The van der Waals surface area contributed by atoms with Gasteiger partial charge in [0.25, 0.3) is 0 Å². The maximum atomic E-state index is 9.47. The molecule has 1 N–H and O–H groups in total. The van der Waals surface area contributed by atoms with Crippen LogP contribution in [-0.2, 0) is 20.0 Å². The third-order valence-electron chi connectivity index (χ3n) is 3.98. The van der Waals surface area contributed by atoms with Gasteiger partial charge in [-0.2, -0.15) is 0 Å². The summed E-state index contributed by atoms with van der Waals surface area (Å²) in [4.78, 5) is 2.38. The molecular formula is C13H24N4O. The molecule has 1 atom stereocenters. The molecule has 5 heteroatoms. The fraction of sp³-hybridized carbons (Fsp3) is 0.846. The monoisotopic (exact) mass is 252 g/mol. The molecule has 1 aliphatic rings. The number of nitrogens with zero attached hydrogens (tertiary/aromatic N) is 4. The van der Waals surface area contributed by atoms with Gasteiger partial charge in [0.15, 0.2) is 0 Å². The molecule has 0 aliphatic carbocycles. The molecule has 1 aromatic heterocycles. The molecule has 1 aromatic rings. The Hall–Kier alpha value is -0.940. The highest BCUT2D eigenvalue weighted by atomic mass is 16.3. The van der Waals surface area contributed by atoms with Crippen LogP contribution in [-0.4, -0.2) is 44.5 Å². The molecular weight excluding hydrogens is 228 g/mol. The van der Waals surface area contributed by atoms with Crippen LogP contribution in [0.25, 0.3) is 0 Å². The topological polar surface area (TPSA) is 54.2 Å². The third-order valence-corrected chi connectivity index (χ3v) is 3.98. The Balaban J connectivity index is 2.02. The summed E-state index contributed by atoms with van der Waals surface area (Å²) in [5, 5.41) is 17.9. The lowest BCUT2D eigenvalue weighted by Gasteiger charge is -2.39. The number of aliphatic hydroxyl groups excluding tert-OH is 1. The number of piperidine rings is 1. The van der Waals surface area contributed by atoms with Gasteiger partial charge in [0.1, 0.15) is 11.6 Å². The van der Waals surface area contributed by atoms with Gasteiger partial charge < -0.3 is 9.67 Å². The zero-order valence-corrected chi connectivity index (χ0v) is 11.7. The summed E-state index contributed by atoms with van der Waals surface area (Å²) in [5.74, 6) is 2.06. The normalized spacial score (nSPS) is 25.6. The van der Waals surface area contributed by atoms with Crippen molar-refractivity contribution in [1.82, 2.24) is 19.7 Å². The van der Waals surface area contributed by atoms with Crippen molar-refractivity contribution in [2.75, 3.05) is 19.7 Å². The van der Waals surface area contributed by atoms with E-state index in [1.54, 1.807) is 0 Å². The molecule has 0 amide bonds. The third kappa shape index (κ3) is 2.72. The van der Waals surface area contributed by atoms with Gasteiger partial charge in [-0.05, 0) is 19.4 Å². The lowest BCUT2D eigenvalue weighted by molar-refractivity contribution is 0.0413. The van der Waals surface area contributed by atoms with Gasteiger partial charge in [0, 0.05) is 32.0 Å². The summed E-state index contributed by atoms with van der Waals surface area (Å²) in [6.45, 7) is 7.38. The molecule has 0 saturated carbocycles. The molecule has 5 nitrogen and oxygen atoms in total. The minimum absolute atomic E-state index is 0.0461. The van der Waals surface area contributed by atoms with Crippen LogP contribution in [0.3, 0.4) is 0 Å². The lowest BCUT2D eigenvalue weighted by atomic mass is 9.83. The molecule has 0 bridgehead atoms.